The van der Waals surface area contributed by atoms with Crippen LogP contribution in [0.2, 0.25) is 0 Å². The summed E-state index contributed by atoms with van der Waals surface area (Å²) in [6.45, 7) is -0.454. The molecule has 1 N–H and O–H groups in total. The molecular formula is C11H6F14O5. The Kier molecular flexibility index (Phi) is 5.18. The predicted molar refractivity (Wildman–Crippen MR) is 57.2 cm³/mol. The van der Waals surface area contributed by atoms with E-state index in [-0.39, 0.29) is 0 Å². The quantitative estimate of drug-likeness (QED) is 0.619. The van der Waals surface area contributed by atoms with E-state index in [1.807, 2.05) is 0 Å². The van der Waals surface area contributed by atoms with E-state index in [2.05, 4.69) is 18.9 Å². The summed E-state index contributed by atoms with van der Waals surface area (Å²) in [5.41, 5.74) is -14.9. The van der Waals surface area contributed by atoms with Gasteiger partial charge in [-0.25, -0.2) is 17.6 Å². The minimum absolute atomic E-state index is 0.454. The highest BCUT2D eigenvalue weighted by Crippen LogP contribution is 2.67. The predicted octanol–water partition coefficient (Wildman–Crippen LogP) is 3.76. The van der Waals surface area contributed by atoms with Gasteiger partial charge in [-0.1, -0.05) is 0 Å². The molecule has 2 heterocycles. The first-order chi connectivity index (χ1) is 12.9. The lowest BCUT2D eigenvalue weighted by Crippen LogP contribution is -2.85. The topological polar surface area (TPSA) is 57.2 Å². The van der Waals surface area contributed by atoms with Gasteiger partial charge in [-0.2, -0.15) is 43.9 Å². The van der Waals surface area contributed by atoms with Gasteiger partial charge in [0.1, 0.15) is 0 Å². The van der Waals surface area contributed by atoms with Crippen molar-refractivity contribution in [1.29, 1.82) is 0 Å². The molecule has 0 unspecified atom stereocenters. The number of hydrogen-bond acceptors (Lipinski definition) is 5. The van der Waals surface area contributed by atoms with Crippen LogP contribution < -0.4 is 0 Å². The van der Waals surface area contributed by atoms with Crippen LogP contribution >= 0.6 is 0 Å². The normalized spacial score (nSPS) is 40.8. The summed E-state index contributed by atoms with van der Waals surface area (Å²) in [7, 11) is 0. The molecule has 0 radical (unpaired) electrons. The maximum atomic E-state index is 14.6. The van der Waals surface area contributed by atoms with Crippen molar-refractivity contribution in [2.75, 3.05) is 0 Å². The van der Waals surface area contributed by atoms with Crippen LogP contribution in [0.4, 0.5) is 61.5 Å². The molecule has 0 bridgehead atoms. The van der Waals surface area contributed by atoms with Gasteiger partial charge in [0.2, 0.25) is 6.29 Å². The lowest BCUT2D eigenvalue weighted by molar-refractivity contribution is -0.608. The van der Waals surface area contributed by atoms with Crippen molar-refractivity contribution in [2.24, 2.45) is 0 Å². The van der Waals surface area contributed by atoms with Crippen molar-refractivity contribution >= 4 is 0 Å². The smallest absolute Gasteiger partial charge is 0.332 e. The largest absolute Gasteiger partial charge is 0.405 e. The minimum Gasteiger partial charge on any atom is -0.332 e. The molecule has 19 heteroatoms. The molecule has 30 heavy (non-hydrogen) atoms. The summed E-state index contributed by atoms with van der Waals surface area (Å²) >= 11 is 0. The van der Waals surface area contributed by atoms with Crippen LogP contribution in [-0.4, -0.2) is 65.5 Å². The highest BCUT2D eigenvalue weighted by molar-refractivity contribution is 5.20. The van der Waals surface area contributed by atoms with Crippen LogP contribution in [0.3, 0.4) is 0 Å². The summed E-state index contributed by atoms with van der Waals surface area (Å²) in [5, 5.41) is 8.09. The molecule has 0 aromatic carbocycles. The Labute approximate surface area is 154 Å². The summed E-state index contributed by atoms with van der Waals surface area (Å²) in [4.78, 5) is 0. The molecule has 0 saturated carbocycles. The lowest BCUT2D eigenvalue weighted by Gasteiger charge is -2.55. The molecule has 0 aliphatic carbocycles. The monoisotopic (exact) mass is 484 g/mol. The summed E-state index contributed by atoms with van der Waals surface area (Å²) in [5.74, 6) is -4.88. The van der Waals surface area contributed by atoms with E-state index in [1.165, 1.54) is 0 Å². The number of halogens is 14. The first-order valence-electron chi connectivity index (χ1n) is 6.96. The molecule has 178 valence electrons. The summed E-state index contributed by atoms with van der Waals surface area (Å²) in [6, 6.07) is 0. The zero-order chi connectivity index (χ0) is 24.0. The molecule has 0 atom stereocenters. The fourth-order valence-electron chi connectivity index (χ4n) is 2.40. The van der Waals surface area contributed by atoms with Crippen LogP contribution in [0.5, 0.6) is 0 Å². The fourth-order valence-corrected chi connectivity index (χ4v) is 2.40. The Morgan fingerprint density at radius 2 is 0.800 bits per heavy atom. The second-order valence-corrected chi connectivity index (χ2v) is 6.06. The molecule has 2 rings (SSSR count). The molecule has 2 aliphatic heterocycles. The molecule has 0 aromatic rings. The third-order valence-electron chi connectivity index (χ3n) is 3.80. The van der Waals surface area contributed by atoms with E-state index in [0.717, 1.165) is 0 Å². The van der Waals surface area contributed by atoms with Crippen molar-refractivity contribution in [1.82, 2.24) is 0 Å². The van der Waals surface area contributed by atoms with Gasteiger partial charge in [0.15, 0.2) is 0 Å². The minimum atomic E-state index is -7.46. The maximum absolute atomic E-state index is 14.6. The van der Waals surface area contributed by atoms with Gasteiger partial charge in [-0.3, -0.25) is 18.9 Å². The van der Waals surface area contributed by atoms with Crippen molar-refractivity contribution in [3.8, 4) is 0 Å². The molecule has 5 nitrogen and oxygen atoms in total. The van der Waals surface area contributed by atoms with E-state index in [4.69, 9.17) is 5.11 Å². The zero-order valence-electron chi connectivity index (χ0n) is 13.5. The number of rotatable bonds is 3. The van der Waals surface area contributed by atoms with Crippen LogP contribution in [-0.2, 0) is 18.9 Å². The number of ether oxygens (including phenoxy) is 4. The van der Waals surface area contributed by atoms with Gasteiger partial charge in [0.25, 0.3) is 12.2 Å². The Hall–Kier alpha value is -1.18. The lowest BCUT2D eigenvalue weighted by atomic mass is 9.79. The third-order valence-corrected chi connectivity index (χ3v) is 3.80. The molecule has 0 spiro atoms. The van der Waals surface area contributed by atoms with Gasteiger partial charge in [-0.15, -0.1) is 0 Å². The van der Waals surface area contributed by atoms with Gasteiger partial charge < -0.3 is 5.11 Å². The Morgan fingerprint density at radius 3 is 1.00 bits per heavy atom. The molecule has 2 saturated heterocycles. The van der Waals surface area contributed by atoms with Crippen LogP contribution in [0.25, 0.3) is 0 Å². The Bertz CT molecular complexity index is 591. The molecule has 0 amide bonds. The third kappa shape index (κ3) is 3.11. The van der Waals surface area contributed by atoms with Crippen molar-refractivity contribution < 1.29 is 85.5 Å². The Balaban J connectivity index is 2.72. The Morgan fingerprint density at radius 1 is 0.567 bits per heavy atom. The standard InChI is InChI=1S/C11H6F14O5/c1-4(12,13)2-27-8(18,19)6(16,9(20,21)28-2)7(17)10(22,23)29-3(5(14,15)26)30-11(7,24)25/h2-3,26H,1H3. The highest BCUT2D eigenvalue weighted by Gasteiger charge is 2.99. The average molecular weight is 484 g/mol. The van der Waals surface area contributed by atoms with E-state index < -0.39 is 67.3 Å². The van der Waals surface area contributed by atoms with E-state index in [1.54, 1.807) is 0 Å². The van der Waals surface area contributed by atoms with Crippen LogP contribution in [0.1, 0.15) is 6.92 Å². The highest BCUT2D eigenvalue weighted by atomic mass is 19.3. The molecule has 2 fully saturated rings. The molecular weight excluding hydrogens is 478 g/mol. The summed E-state index contributed by atoms with van der Waals surface area (Å²) < 4.78 is 202. The maximum Gasteiger partial charge on any atom is 0.405 e. The van der Waals surface area contributed by atoms with Crippen molar-refractivity contribution in [3.05, 3.63) is 0 Å². The van der Waals surface area contributed by atoms with Gasteiger partial charge >= 0.3 is 41.9 Å². The van der Waals surface area contributed by atoms with E-state index in [9.17, 15) is 61.5 Å². The fraction of sp³-hybridized carbons (Fsp3) is 1.00. The first kappa shape index (κ1) is 25.1. The zero-order valence-corrected chi connectivity index (χ0v) is 13.5. The average Bonchev–Trinajstić information content (AvgIpc) is 2.46. The number of aliphatic hydroxyl groups is 1. The van der Waals surface area contributed by atoms with Crippen molar-refractivity contribution in [2.45, 2.75) is 67.3 Å². The van der Waals surface area contributed by atoms with Gasteiger partial charge in [0, 0.05) is 6.92 Å². The molecule has 0 aromatic heterocycles. The first-order valence-corrected chi connectivity index (χ1v) is 6.96. The number of hydrogen-bond donors (Lipinski definition) is 1. The van der Waals surface area contributed by atoms with Crippen molar-refractivity contribution in [3.63, 3.8) is 0 Å². The van der Waals surface area contributed by atoms with Gasteiger partial charge in [0.05, 0.1) is 0 Å². The number of alkyl halides is 14. The van der Waals surface area contributed by atoms with E-state index >= 15 is 0 Å². The summed E-state index contributed by atoms with van der Waals surface area (Å²) in [6.07, 6.45) is -42.7. The van der Waals surface area contributed by atoms with Crippen LogP contribution in [0.15, 0.2) is 0 Å². The molecule has 2 aliphatic rings. The van der Waals surface area contributed by atoms with Crippen LogP contribution in [0, 0.1) is 0 Å². The second-order valence-electron chi connectivity index (χ2n) is 6.06. The van der Waals surface area contributed by atoms with Gasteiger partial charge in [-0.05, 0) is 0 Å². The SMILES string of the molecule is CC(F)(F)C1OC(F)(F)C(F)(C2(F)C(F)(F)OC(C(O)(F)F)OC2(F)F)C(F)(F)O1. The second kappa shape index (κ2) is 6.20. The van der Waals surface area contributed by atoms with E-state index in [0.29, 0.717) is 0 Å².